The monoisotopic (exact) mass is 449 g/mol. The van der Waals surface area contributed by atoms with Gasteiger partial charge in [0.25, 0.3) is 0 Å². The molecular formula is C25H27N3O5. The maximum absolute atomic E-state index is 13.3. The van der Waals surface area contributed by atoms with Crippen LogP contribution in [-0.2, 0) is 18.3 Å². The van der Waals surface area contributed by atoms with Gasteiger partial charge in [-0.15, -0.1) is 0 Å². The zero-order valence-electron chi connectivity index (χ0n) is 19.4. The molecule has 172 valence electrons. The Morgan fingerprint density at radius 1 is 1.09 bits per heavy atom. The number of rotatable bonds is 5. The Balaban J connectivity index is 2.07. The summed E-state index contributed by atoms with van der Waals surface area (Å²) in [6.45, 7) is 1.48. The Bertz CT molecular complexity index is 1280. The van der Waals surface area contributed by atoms with E-state index in [9.17, 15) is 9.59 Å². The first kappa shape index (κ1) is 22.4. The maximum atomic E-state index is 13.3. The van der Waals surface area contributed by atoms with Crippen LogP contribution >= 0.6 is 0 Å². The molecule has 2 aromatic carbocycles. The molecule has 1 amide bonds. The molecule has 8 heteroatoms. The molecule has 0 radical (unpaired) electrons. The van der Waals surface area contributed by atoms with E-state index >= 15 is 0 Å². The topological polar surface area (TPSA) is 91.7 Å². The molecule has 0 saturated carbocycles. The molecule has 1 heterocycles. The van der Waals surface area contributed by atoms with E-state index in [0.717, 1.165) is 27.8 Å². The second-order valence-electron chi connectivity index (χ2n) is 8.00. The molecule has 1 unspecified atom stereocenters. The fraction of sp³-hybridized carbons (Fsp3) is 0.320. The van der Waals surface area contributed by atoms with E-state index < -0.39 is 0 Å². The quantitative estimate of drug-likeness (QED) is 0.643. The lowest BCUT2D eigenvalue weighted by Gasteiger charge is -2.19. The number of hydrogen-bond acceptors (Lipinski definition) is 6. The number of carbonyl (C=O) groups is 1. The van der Waals surface area contributed by atoms with Crippen LogP contribution < -0.4 is 25.0 Å². The first-order chi connectivity index (χ1) is 15.9. The lowest BCUT2D eigenvalue weighted by molar-refractivity contribution is -0.119. The number of nitrogens with zero attached hydrogens (tertiary/aromatic N) is 2. The second kappa shape index (κ2) is 8.97. The van der Waals surface area contributed by atoms with E-state index in [4.69, 9.17) is 14.2 Å². The number of aryl methyl sites for hydroxylation is 2. The van der Waals surface area contributed by atoms with Gasteiger partial charge in [-0.1, -0.05) is 6.07 Å². The lowest BCUT2D eigenvalue weighted by atomic mass is 9.95. The molecule has 1 N–H and O–H groups in total. The van der Waals surface area contributed by atoms with Crippen LogP contribution in [0.4, 0.5) is 0 Å². The fourth-order valence-corrected chi connectivity index (χ4v) is 4.51. The average molecular weight is 450 g/mol. The van der Waals surface area contributed by atoms with Crippen molar-refractivity contribution >= 4 is 5.91 Å². The first-order valence-electron chi connectivity index (χ1n) is 10.6. The first-order valence-corrected chi connectivity index (χ1v) is 10.6. The van der Waals surface area contributed by atoms with Gasteiger partial charge in [0, 0.05) is 36.9 Å². The van der Waals surface area contributed by atoms with Gasteiger partial charge in [-0.05, 0) is 47.7 Å². The molecule has 0 aliphatic heterocycles. The summed E-state index contributed by atoms with van der Waals surface area (Å²) in [6.07, 6.45) is 4.73. The van der Waals surface area contributed by atoms with Crippen LogP contribution in [0.15, 0.2) is 41.5 Å². The minimum absolute atomic E-state index is 0.150. The van der Waals surface area contributed by atoms with E-state index in [1.807, 2.05) is 12.1 Å². The molecule has 0 spiro atoms. The van der Waals surface area contributed by atoms with Gasteiger partial charge < -0.3 is 19.5 Å². The van der Waals surface area contributed by atoms with Crippen molar-refractivity contribution in [2.75, 3.05) is 21.3 Å². The molecule has 1 aliphatic rings. The Hall–Kier alpha value is -3.81. The highest BCUT2D eigenvalue weighted by Gasteiger charge is 2.29. The van der Waals surface area contributed by atoms with Crippen LogP contribution in [0, 0.1) is 0 Å². The number of nitrogens with one attached hydrogen (secondary N) is 1. The van der Waals surface area contributed by atoms with Gasteiger partial charge in [-0.2, -0.15) is 5.10 Å². The molecule has 0 bridgehead atoms. The molecule has 1 atom stereocenters. The molecule has 0 fully saturated rings. The highest BCUT2D eigenvalue weighted by atomic mass is 16.5. The predicted octanol–water partition coefficient (Wildman–Crippen LogP) is 3.26. The van der Waals surface area contributed by atoms with Crippen LogP contribution in [0.25, 0.3) is 22.3 Å². The third kappa shape index (κ3) is 4.04. The number of benzene rings is 1. The molecule has 33 heavy (non-hydrogen) atoms. The summed E-state index contributed by atoms with van der Waals surface area (Å²) in [5, 5.41) is 7.21. The number of fused-ring (bicyclic) bond motifs is 3. The van der Waals surface area contributed by atoms with Gasteiger partial charge in [0.05, 0.1) is 33.6 Å². The highest BCUT2D eigenvalue weighted by Crippen LogP contribution is 2.50. The van der Waals surface area contributed by atoms with E-state index in [1.54, 1.807) is 57.6 Å². The largest absolute Gasteiger partial charge is 0.493 e. The van der Waals surface area contributed by atoms with E-state index in [2.05, 4.69) is 10.4 Å². The lowest BCUT2D eigenvalue weighted by Crippen LogP contribution is -2.26. The number of hydrogen-bond donors (Lipinski definition) is 1. The number of ether oxygens (including phenoxy) is 3. The van der Waals surface area contributed by atoms with Crippen LogP contribution in [0.3, 0.4) is 0 Å². The third-order valence-corrected chi connectivity index (χ3v) is 5.93. The summed E-state index contributed by atoms with van der Waals surface area (Å²) in [4.78, 5) is 25.3. The Kier molecular flexibility index (Phi) is 6.09. The van der Waals surface area contributed by atoms with Crippen LogP contribution in [0.1, 0.15) is 30.5 Å². The maximum Gasteiger partial charge on any atom is 0.217 e. The molecule has 8 nitrogen and oxygen atoms in total. The summed E-state index contributed by atoms with van der Waals surface area (Å²) >= 11 is 0. The molecular weight excluding hydrogens is 422 g/mol. The Labute approximate surface area is 192 Å². The number of carbonyl (C=O) groups excluding carboxylic acids is 1. The summed E-state index contributed by atoms with van der Waals surface area (Å²) in [5.41, 5.74) is 4.44. The smallest absolute Gasteiger partial charge is 0.217 e. The minimum atomic E-state index is -0.339. The molecule has 3 aromatic rings. The van der Waals surface area contributed by atoms with Gasteiger partial charge >= 0.3 is 0 Å². The van der Waals surface area contributed by atoms with Crippen LogP contribution in [0.5, 0.6) is 17.2 Å². The third-order valence-electron chi connectivity index (χ3n) is 5.93. The van der Waals surface area contributed by atoms with Crippen molar-refractivity contribution in [2.45, 2.75) is 25.8 Å². The molecule has 4 rings (SSSR count). The van der Waals surface area contributed by atoms with Gasteiger partial charge in [-0.3, -0.25) is 14.3 Å². The molecule has 0 saturated heterocycles. The highest BCUT2D eigenvalue weighted by molar-refractivity contribution is 5.84. The van der Waals surface area contributed by atoms with Crippen molar-refractivity contribution in [3.63, 3.8) is 0 Å². The molecule has 1 aliphatic carbocycles. The Morgan fingerprint density at radius 3 is 2.42 bits per heavy atom. The van der Waals surface area contributed by atoms with Gasteiger partial charge in [0.1, 0.15) is 0 Å². The summed E-state index contributed by atoms with van der Waals surface area (Å²) < 4.78 is 18.6. The summed E-state index contributed by atoms with van der Waals surface area (Å²) in [6, 6.07) is 6.92. The van der Waals surface area contributed by atoms with Crippen LogP contribution in [0.2, 0.25) is 0 Å². The normalized spacial score (nSPS) is 14.5. The van der Waals surface area contributed by atoms with Crippen LogP contribution in [-0.4, -0.2) is 37.0 Å². The predicted molar refractivity (Wildman–Crippen MR) is 125 cm³/mol. The SMILES string of the molecule is COc1cc2c(c(OC)c1OC)-c1ccc(-c3cnn(C)c3)c(=O)cc1C(NC(C)=O)CC2. The van der Waals surface area contributed by atoms with Crippen molar-refractivity contribution in [1.82, 2.24) is 15.1 Å². The average Bonchev–Trinajstić information content (AvgIpc) is 3.07. The fourth-order valence-electron chi connectivity index (χ4n) is 4.51. The van der Waals surface area contributed by atoms with E-state index in [-0.39, 0.29) is 17.4 Å². The van der Waals surface area contributed by atoms with E-state index in [0.29, 0.717) is 35.7 Å². The zero-order chi connectivity index (χ0) is 23.7. The Morgan fingerprint density at radius 2 is 1.82 bits per heavy atom. The number of aromatic nitrogens is 2. The van der Waals surface area contributed by atoms with Crippen molar-refractivity contribution in [3.8, 4) is 39.5 Å². The van der Waals surface area contributed by atoms with E-state index in [1.165, 1.54) is 6.92 Å². The number of methoxy groups -OCH3 is 3. The standard InChI is InChI=1S/C25H27N3O5/c1-14(29)27-20-9-6-15-10-22(31-3)24(32-4)25(33-5)23(15)18-8-7-17(21(30)11-19(18)20)16-12-26-28(2)13-16/h7-8,10-13,20H,6,9H2,1-5H3,(H,27,29). The minimum Gasteiger partial charge on any atom is -0.493 e. The molecule has 1 aromatic heterocycles. The second-order valence-corrected chi connectivity index (χ2v) is 8.00. The van der Waals surface area contributed by atoms with Crippen molar-refractivity contribution < 1.29 is 19.0 Å². The van der Waals surface area contributed by atoms with Crippen molar-refractivity contribution in [2.24, 2.45) is 7.05 Å². The van der Waals surface area contributed by atoms with Gasteiger partial charge in [0.15, 0.2) is 16.9 Å². The van der Waals surface area contributed by atoms with Crippen molar-refractivity contribution in [3.05, 3.63) is 58.0 Å². The van der Waals surface area contributed by atoms with Gasteiger partial charge in [-0.25, -0.2) is 0 Å². The van der Waals surface area contributed by atoms with Gasteiger partial charge in [0.2, 0.25) is 11.7 Å². The summed E-state index contributed by atoms with van der Waals surface area (Å²) in [5.74, 6) is 1.40. The van der Waals surface area contributed by atoms with Crippen molar-refractivity contribution in [1.29, 1.82) is 0 Å². The zero-order valence-corrected chi connectivity index (χ0v) is 19.4. The number of amides is 1. The summed E-state index contributed by atoms with van der Waals surface area (Å²) in [7, 11) is 6.53.